The van der Waals surface area contributed by atoms with Crippen LogP contribution in [0, 0.1) is 18.7 Å². The highest BCUT2D eigenvalue weighted by atomic mass is 19.1. The van der Waals surface area contributed by atoms with Crippen LogP contribution in [0.4, 0.5) is 10.1 Å². The van der Waals surface area contributed by atoms with Gasteiger partial charge in [0.2, 0.25) is 5.91 Å². The summed E-state index contributed by atoms with van der Waals surface area (Å²) < 4.78 is 13.4. The van der Waals surface area contributed by atoms with Crippen LogP contribution in [0.1, 0.15) is 27.9 Å². The molecule has 1 fully saturated rings. The maximum atomic E-state index is 13.4. The van der Waals surface area contributed by atoms with Crippen LogP contribution in [0.2, 0.25) is 0 Å². The number of aryl methyl sites for hydroxylation is 1. The fourth-order valence-electron chi connectivity index (χ4n) is 3.34. The third kappa shape index (κ3) is 4.71. The Bertz CT molecular complexity index is 836. The number of nitrogens with one attached hydrogen (secondary N) is 2. The average molecular weight is 369 g/mol. The summed E-state index contributed by atoms with van der Waals surface area (Å²) >= 11 is 0. The van der Waals surface area contributed by atoms with Crippen LogP contribution < -0.4 is 10.6 Å². The summed E-state index contributed by atoms with van der Waals surface area (Å²) in [5.74, 6) is -0.505. The topological polar surface area (TPSA) is 61.4 Å². The molecule has 0 bridgehead atoms. The number of amides is 2. The van der Waals surface area contributed by atoms with Crippen molar-refractivity contribution < 1.29 is 14.0 Å². The van der Waals surface area contributed by atoms with E-state index in [9.17, 15) is 14.0 Å². The number of hydrogen-bond acceptors (Lipinski definition) is 3. The van der Waals surface area contributed by atoms with Crippen LogP contribution in [-0.2, 0) is 11.3 Å². The zero-order chi connectivity index (χ0) is 19.4. The molecular formula is C21H24FN3O2. The molecule has 2 N–H and O–H groups in total. The highest BCUT2D eigenvalue weighted by molar-refractivity contribution is 6.04. The largest absolute Gasteiger partial charge is 0.359 e. The van der Waals surface area contributed by atoms with Crippen LogP contribution in [0.5, 0.6) is 0 Å². The minimum absolute atomic E-state index is 0.0505. The highest BCUT2D eigenvalue weighted by Crippen LogP contribution is 2.20. The lowest BCUT2D eigenvalue weighted by molar-refractivity contribution is -0.124. The standard InChI is InChI=1S/C21H24FN3O2/c1-14-3-8-18(22)11-19(14)24-21(27)16-6-4-15(5-7-16)12-25-10-9-17(13-25)20(26)23-2/h3-8,11,17H,9-10,12-13H2,1-2H3,(H,23,26)(H,24,27)/t17-/m0/s1. The van der Waals surface area contributed by atoms with Crippen LogP contribution >= 0.6 is 0 Å². The van der Waals surface area contributed by atoms with E-state index in [-0.39, 0.29) is 23.5 Å². The zero-order valence-corrected chi connectivity index (χ0v) is 15.6. The molecule has 0 aliphatic carbocycles. The third-order valence-corrected chi connectivity index (χ3v) is 4.96. The Labute approximate surface area is 158 Å². The molecule has 0 unspecified atom stereocenters. The Balaban J connectivity index is 1.59. The molecule has 27 heavy (non-hydrogen) atoms. The molecule has 6 heteroatoms. The number of benzene rings is 2. The number of likely N-dealkylation sites (tertiary alicyclic amines) is 1. The zero-order valence-electron chi connectivity index (χ0n) is 15.6. The van der Waals surface area contributed by atoms with Crippen molar-refractivity contribution >= 4 is 17.5 Å². The van der Waals surface area contributed by atoms with Gasteiger partial charge in [0.25, 0.3) is 5.91 Å². The number of halogens is 1. The molecule has 0 aromatic heterocycles. The van der Waals surface area contributed by atoms with Crippen molar-refractivity contribution in [2.45, 2.75) is 19.9 Å². The van der Waals surface area contributed by atoms with Gasteiger partial charge in [-0.3, -0.25) is 14.5 Å². The Morgan fingerprint density at radius 2 is 1.93 bits per heavy atom. The summed E-state index contributed by atoms with van der Waals surface area (Å²) in [6, 6.07) is 11.7. The van der Waals surface area contributed by atoms with Crippen molar-refractivity contribution in [3.8, 4) is 0 Å². The third-order valence-electron chi connectivity index (χ3n) is 4.96. The van der Waals surface area contributed by atoms with Gasteiger partial charge in [0.05, 0.1) is 5.92 Å². The molecule has 0 saturated carbocycles. The van der Waals surface area contributed by atoms with Gasteiger partial charge in [-0.25, -0.2) is 4.39 Å². The summed E-state index contributed by atoms with van der Waals surface area (Å²) in [4.78, 5) is 26.4. The lowest BCUT2D eigenvalue weighted by atomic mass is 10.1. The Morgan fingerprint density at radius 1 is 1.19 bits per heavy atom. The Kier molecular flexibility index (Phi) is 5.86. The van der Waals surface area contributed by atoms with E-state index in [2.05, 4.69) is 15.5 Å². The molecule has 3 rings (SSSR count). The quantitative estimate of drug-likeness (QED) is 0.852. The van der Waals surface area contributed by atoms with Crippen molar-refractivity contribution in [2.75, 3.05) is 25.5 Å². The molecule has 1 saturated heterocycles. The molecular weight excluding hydrogens is 345 g/mol. The van der Waals surface area contributed by atoms with Gasteiger partial charge in [-0.15, -0.1) is 0 Å². The molecule has 2 aromatic rings. The summed E-state index contributed by atoms with van der Waals surface area (Å²) in [7, 11) is 1.67. The van der Waals surface area contributed by atoms with E-state index < -0.39 is 0 Å². The van der Waals surface area contributed by atoms with Gasteiger partial charge in [0, 0.05) is 31.4 Å². The normalized spacial score (nSPS) is 16.9. The van der Waals surface area contributed by atoms with E-state index in [4.69, 9.17) is 0 Å². The van der Waals surface area contributed by atoms with Crippen molar-refractivity contribution in [1.82, 2.24) is 10.2 Å². The number of carbonyl (C=O) groups is 2. The van der Waals surface area contributed by atoms with Gasteiger partial charge >= 0.3 is 0 Å². The molecule has 0 spiro atoms. The van der Waals surface area contributed by atoms with Crippen molar-refractivity contribution in [3.63, 3.8) is 0 Å². The van der Waals surface area contributed by atoms with Crippen molar-refractivity contribution in [3.05, 3.63) is 65.0 Å². The minimum Gasteiger partial charge on any atom is -0.359 e. The molecule has 1 aliphatic heterocycles. The maximum Gasteiger partial charge on any atom is 0.255 e. The predicted molar refractivity (Wildman–Crippen MR) is 103 cm³/mol. The van der Waals surface area contributed by atoms with Gasteiger partial charge in [-0.2, -0.15) is 0 Å². The molecule has 0 radical (unpaired) electrons. The number of anilines is 1. The van der Waals surface area contributed by atoms with Gasteiger partial charge in [-0.1, -0.05) is 18.2 Å². The van der Waals surface area contributed by atoms with E-state index in [1.165, 1.54) is 12.1 Å². The molecule has 1 atom stereocenters. The molecule has 142 valence electrons. The average Bonchev–Trinajstić information content (AvgIpc) is 3.13. The van der Waals surface area contributed by atoms with Crippen LogP contribution in [-0.4, -0.2) is 36.9 Å². The van der Waals surface area contributed by atoms with E-state index >= 15 is 0 Å². The number of nitrogens with zero attached hydrogens (tertiary/aromatic N) is 1. The van der Waals surface area contributed by atoms with E-state index in [1.807, 2.05) is 19.1 Å². The molecule has 5 nitrogen and oxygen atoms in total. The smallest absolute Gasteiger partial charge is 0.255 e. The summed E-state index contributed by atoms with van der Waals surface area (Å²) in [5, 5.41) is 5.46. The van der Waals surface area contributed by atoms with Crippen LogP contribution in [0.3, 0.4) is 0 Å². The number of hydrogen-bond donors (Lipinski definition) is 2. The van der Waals surface area contributed by atoms with E-state index in [0.717, 1.165) is 37.2 Å². The lowest BCUT2D eigenvalue weighted by Gasteiger charge is -2.16. The fraction of sp³-hybridized carbons (Fsp3) is 0.333. The predicted octanol–water partition coefficient (Wildman–Crippen LogP) is 2.95. The van der Waals surface area contributed by atoms with Gasteiger partial charge in [0.1, 0.15) is 5.82 Å². The molecule has 1 heterocycles. The van der Waals surface area contributed by atoms with Crippen molar-refractivity contribution in [1.29, 1.82) is 0 Å². The molecule has 1 aliphatic rings. The van der Waals surface area contributed by atoms with Gasteiger partial charge in [0.15, 0.2) is 0 Å². The second-order valence-electron chi connectivity index (χ2n) is 6.95. The van der Waals surface area contributed by atoms with Gasteiger partial charge < -0.3 is 10.6 Å². The first-order valence-electron chi connectivity index (χ1n) is 9.06. The van der Waals surface area contributed by atoms with E-state index in [1.54, 1.807) is 25.2 Å². The van der Waals surface area contributed by atoms with Gasteiger partial charge in [-0.05, 0) is 55.3 Å². The highest BCUT2D eigenvalue weighted by Gasteiger charge is 2.27. The number of rotatable bonds is 5. The fourth-order valence-corrected chi connectivity index (χ4v) is 3.34. The Hall–Kier alpha value is -2.73. The first kappa shape index (κ1) is 19.0. The van der Waals surface area contributed by atoms with Crippen LogP contribution in [0.15, 0.2) is 42.5 Å². The number of carbonyl (C=O) groups excluding carboxylic acids is 2. The summed E-state index contributed by atoms with van der Waals surface area (Å²) in [6.45, 7) is 4.21. The second-order valence-corrected chi connectivity index (χ2v) is 6.95. The summed E-state index contributed by atoms with van der Waals surface area (Å²) in [5.41, 5.74) is 2.89. The summed E-state index contributed by atoms with van der Waals surface area (Å²) in [6.07, 6.45) is 0.868. The molecule has 2 aromatic carbocycles. The molecule has 2 amide bonds. The van der Waals surface area contributed by atoms with Crippen LogP contribution in [0.25, 0.3) is 0 Å². The monoisotopic (exact) mass is 369 g/mol. The van der Waals surface area contributed by atoms with Crippen molar-refractivity contribution in [2.24, 2.45) is 5.92 Å². The SMILES string of the molecule is CNC(=O)[C@H]1CCN(Cc2ccc(C(=O)Nc3cc(F)ccc3C)cc2)C1. The Morgan fingerprint density at radius 3 is 2.63 bits per heavy atom. The first-order chi connectivity index (χ1) is 13.0. The first-order valence-corrected chi connectivity index (χ1v) is 9.06. The maximum absolute atomic E-state index is 13.4. The second kappa shape index (κ2) is 8.31. The lowest BCUT2D eigenvalue weighted by Crippen LogP contribution is -2.30. The van der Waals surface area contributed by atoms with E-state index in [0.29, 0.717) is 11.3 Å². The minimum atomic E-state index is -0.382.